The zero-order valence-electron chi connectivity index (χ0n) is 11.5. The molecule has 3 atom stereocenters. The van der Waals surface area contributed by atoms with E-state index in [-0.39, 0.29) is 29.7 Å². The van der Waals surface area contributed by atoms with Crippen molar-refractivity contribution in [3.63, 3.8) is 0 Å². The Labute approximate surface area is 114 Å². The van der Waals surface area contributed by atoms with Crippen LogP contribution >= 0.6 is 0 Å². The second-order valence-corrected chi connectivity index (χ2v) is 6.39. The summed E-state index contributed by atoms with van der Waals surface area (Å²) in [5.41, 5.74) is 5.91. The highest BCUT2D eigenvalue weighted by Crippen LogP contribution is 2.42. The Morgan fingerprint density at radius 2 is 1.53 bits per heavy atom. The predicted molar refractivity (Wildman–Crippen MR) is 72.1 cm³/mol. The Kier molecular flexibility index (Phi) is 3.61. The smallest absolute Gasteiger partial charge is 0.233 e. The summed E-state index contributed by atoms with van der Waals surface area (Å²) in [6.07, 6.45) is 8.76. The molecule has 1 saturated heterocycles. The average Bonchev–Trinajstić information content (AvgIpc) is 3.00. The maximum atomic E-state index is 12.5. The number of nitrogens with two attached hydrogens (primary N) is 1. The summed E-state index contributed by atoms with van der Waals surface area (Å²) < 4.78 is 0. The van der Waals surface area contributed by atoms with Gasteiger partial charge in [-0.25, -0.2) is 0 Å². The molecule has 2 amide bonds. The van der Waals surface area contributed by atoms with Gasteiger partial charge in [-0.2, -0.15) is 0 Å². The van der Waals surface area contributed by atoms with Crippen molar-refractivity contribution in [2.75, 3.05) is 6.54 Å². The van der Waals surface area contributed by atoms with Crippen molar-refractivity contribution < 1.29 is 9.59 Å². The number of rotatable bonds is 3. The molecule has 2 aliphatic carbocycles. The standard InChI is InChI=1S/C15H24N2O2/c16-9-13(10-5-2-1-3-6-10)17-14(18)11-7-4-8-12(11)15(17)19/h10-13H,1-9,16H2. The molecule has 3 unspecified atom stereocenters. The maximum Gasteiger partial charge on any atom is 0.233 e. The monoisotopic (exact) mass is 264 g/mol. The molecule has 0 bridgehead atoms. The molecule has 3 fully saturated rings. The van der Waals surface area contributed by atoms with E-state index in [4.69, 9.17) is 5.73 Å². The molecule has 1 heterocycles. The second-order valence-electron chi connectivity index (χ2n) is 6.39. The van der Waals surface area contributed by atoms with E-state index in [0.717, 1.165) is 32.1 Å². The van der Waals surface area contributed by atoms with Crippen LogP contribution in [-0.4, -0.2) is 29.3 Å². The van der Waals surface area contributed by atoms with E-state index in [1.165, 1.54) is 19.3 Å². The molecule has 106 valence electrons. The van der Waals surface area contributed by atoms with Crippen LogP contribution in [0, 0.1) is 17.8 Å². The fourth-order valence-corrected chi connectivity index (χ4v) is 4.37. The molecule has 4 heteroatoms. The zero-order chi connectivity index (χ0) is 13.4. The molecule has 4 nitrogen and oxygen atoms in total. The van der Waals surface area contributed by atoms with Crippen LogP contribution in [0.15, 0.2) is 0 Å². The van der Waals surface area contributed by atoms with Gasteiger partial charge in [-0.1, -0.05) is 25.7 Å². The molecule has 0 radical (unpaired) electrons. The molecule has 0 aromatic carbocycles. The van der Waals surface area contributed by atoms with Gasteiger partial charge in [-0.15, -0.1) is 0 Å². The predicted octanol–water partition coefficient (Wildman–Crippen LogP) is 1.68. The van der Waals surface area contributed by atoms with Crippen molar-refractivity contribution in [2.45, 2.75) is 57.4 Å². The molecule has 2 N–H and O–H groups in total. The highest BCUT2D eigenvalue weighted by Gasteiger charge is 2.52. The Hall–Kier alpha value is -0.900. The first-order chi connectivity index (χ1) is 9.24. The van der Waals surface area contributed by atoms with E-state index in [2.05, 4.69) is 0 Å². The summed E-state index contributed by atoms with van der Waals surface area (Å²) >= 11 is 0. The third-order valence-electron chi connectivity index (χ3n) is 5.39. The average molecular weight is 264 g/mol. The van der Waals surface area contributed by atoms with Gasteiger partial charge in [0.2, 0.25) is 11.8 Å². The van der Waals surface area contributed by atoms with Crippen LogP contribution in [0.2, 0.25) is 0 Å². The number of carbonyl (C=O) groups excluding carboxylic acids is 2. The van der Waals surface area contributed by atoms with E-state index in [9.17, 15) is 9.59 Å². The van der Waals surface area contributed by atoms with Crippen LogP contribution in [0.1, 0.15) is 51.4 Å². The lowest BCUT2D eigenvalue weighted by Gasteiger charge is -2.35. The minimum Gasteiger partial charge on any atom is -0.328 e. The summed E-state index contributed by atoms with van der Waals surface area (Å²) in [7, 11) is 0. The molecule has 3 aliphatic rings. The number of imide groups is 1. The van der Waals surface area contributed by atoms with Crippen molar-refractivity contribution in [3.05, 3.63) is 0 Å². The SMILES string of the molecule is NCC(C1CCCCC1)N1C(=O)C2CCCC2C1=O. The third-order valence-corrected chi connectivity index (χ3v) is 5.39. The lowest BCUT2D eigenvalue weighted by atomic mass is 9.83. The highest BCUT2D eigenvalue weighted by atomic mass is 16.2. The van der Waals surface area contributed by atoms with E-state index >= 15 is 0 Å². The summed E-state index contributed by atoms with van der Waals surface area (Å²) in [4.78, 5) is 26.6. The van der Waals surface area contributed by atoms with E-state index in [1.54, 1.807) is 4.90 Å². The summed E-state index contributed by atoms with van der Waals surface area (Å²) in [6, 6.07) is -0.0362. The number of nitrogens with zero attached hydrogens (tertiary/aromatic N) is 1. The van der Waals surface area contributed by atoms with Crippen LogP contribution in [0.3, 0.4) is 0 Å². The molecular weight excluding hydrogens is 240 g/mol. The Morgan fingerprint density at radius 1 is 0.947 bits per heavy atom. The van der Waals surface area contributed by atoms with Gasteiger partial charge >= 0.3 is 0 Å². The van der Waals surface area contributed by atoms with Crippen molar-refractivity contribution in [2.24, 2.45) is 23.5 Å². The zero-order valence-corrected chi connectivity index (χ0v) is 11.5. The molecule has 2 saturated carbocycles. The number of hydrogen-bond acceptors (Lipinski definition) is 3. The van der Waals surface area contributed by atoms with Crippen molar-refractivity contribution in [3.8, 4) is 0 Å². The minimum absolute atomic E-state index is 0.0230. The highest BCUT2D eigenvalue weighted by molar-refractivity contribution is 6.05. The van der Waals surface area contributed by atoms with Gasteiger partial charge in [0, 0.05) is 6.54 Å². The van der Waals surface area contributed by atoms with E-state index in [0.29, 0.717) is 12.5 Å². The molecule has 0 aromatic heterocycles. The quantitative estimate of drug-likeness (QED) is 0.789. The van der Waals surface area contributed by atoms with Gasteiger partial charge in [0.1, 0.15) is 0 Å². The van der Waals surface area contributed by atoms with Gasteiger partial charge in [0.05, 0.1) is 17.9 Å². The first kappa shape index (κ1) is 13.1. The lowest BCUT2D eigenvalue weighted by molar-refractivity contribution is -0.144. The van der Waals surface area contributed by atoms with Crippen molar-refractivity contribution >= 4 is 11.8 Å². The fourth-order valence-electron chi connectivity index (χ4n) is 4.37. The van der Waals surface area contributed by atoms with Gasteiger partial charge in [0.15, 0.2) is 0 Å². The number of likely N-dealkylation sites (tertiary alicyclic amines) is 1. The first-order valence-corrected chi connectivity index (χ1v) is 7.81. The molecule has 19 heavy (non-hydrogen) atoms. The van der Waals surface area contributed by atoms with E-state index < -0.39 is 0 Å². The Balaban J connectivity index is 1.79. The molecule has 0 spiro atoms. The number of carbonyl (C=O) groups is 2. The summed E-state index contributed by atoms with van der Waals surface area (Å²) in [5.74, 6) is 0.544. The topological polar surface area (TPSA) is 63.4 Å². The minimum atomic E-state index is -0.0362. The lowest BCUT2D eigenvalue weighted by Crippen LogP contribution is -2.49. The first-order valence-electron chi connectivity index (χ1n) is 7.81. The molecule has 1 aliphatic heterocycles. The number of amides is 2. The largest absolute Gasteiger partial charge is 0.328 e. The van der Waals surface area contributed by atoms with Crippen LogP contribution in [0.5, 0.6) is 0 Å². The van der Waals surface area contributed by atoms with Crippen molar-refractivity contribution in [1.82, 2.24) is 4.90 Å². The fraction of sp³-hybridized carbons (Fsp3) is 0.867. The number of hydrogen-bond donors (Lipinski definition) is 1. The van der Waals surface area contributed by atoms with Crippen LogP contribution < -0.4 is 5.73 Å². The van der Waals surface area contributed by atoms with Crippen LogP contribution in [-0.2, 0) is 9.59 Å². The molecule has 3 rings (SSSR count). The molecular formula is C15H24N2O2. The summed E-state index contributed by atoms with van der Waals surface area (Å²) in [5, 5.41) is 0. The maximum absolute atomic E-state index is 12.5. The summed E-state index contributed by atoms with van der Waals surface area (Å²) in [6.45, 7) is 0.432. The molecule has 0 aromatic rings. The van der Waals surface area contributed by atoms with Crippen molar-refractivity contribution in [1.29, 1.82) is 0 Å². The van der Waals surface area contributed by atoms with Crippen LogP contribution in [0.4, 0.5) is 0 Å². The Morgan fingerprint density at radius 3 is 2.05 bits per heavy atom. The normalized spacial score (nSPS) is 33.8. The van der Waals surface area contributed by atoms with Crippen LogP contribution in [0.25, 0.3) is 0 Å². The second kappa shape index (κ2) is 5.23. The Bertz CT molecular complexity index is 354. The number of fused-ring (bicyclic) bond motifs is 1. The third kappa shape index (κ3) is 2.10. The van der Waals surface area contributed by atoms with Gasteiger partial charge in [-0.05, 0) is 31.6 Å². The van der Waals surface area contributed by atoms with Gasteiger partial charge in [-0.3, -0.25) is 14.5 Å². The van der Waals surface area contributed by atoms with Gasteiger partial charge < -0.3 is 5.73 Å². The van der Waals surface area contributed by atoms with E-state index in [1.807, 2.05) is 0 Å². The van der Waals surface area contributed by atoms with Gasteiger partial charge in [0.25, 0.3) is 0 Å².